The van der Waals surface area contributed by atoms with E-state index in [0.717, 1.165) is 74.6 Å². The number of rotatable bonds is 2. The van der Waals surface area contributed by atoms with Crippen LogP contribution < -0.4 is 4.74 Å². The number of carbonyl (C=O) groups excluding carboxylic acids is 1. The quantitative estimate of drug-likeness (QED) is 0.787. The molecule has 0 spiro atoms. The molecule has 152 valence electrons. The van der Waals surface area contributed by atoms with Crippen LogP contribution in [-0.4, -0.2) is 58.5 Å². The van der Waals surface area contributed by atoms with Crippen LogP contribution in [0.25, 0.3) is 0 Å². The predicted octanol–water partition coefficient (Wildman–Crippen LogP) is 2.81. The molecule has 1 saturated heterocycles. The zero-order valence-electron chi connectivity index (χ0n) is 17.2. The predicted molar refractivity (Wildman–Crippen MR) is 110 cm³/mol. The maximum atomic E-state index is 13.0. The number of carbonyl (C=O) groups is 1. The fraction of sp³-hybridized carbons (Fsp3) is 0.522. The van der Waals surface area contributed by atoms with Crippen molar-refractivity contribution in [3.05, 3.63) is 52.6 Å². The number of benzene rings is 1. The van der Waals surface area contributed by atoms with Gasteiger partial charge in [0.1, 0.15) is 17.7 Å². The van der Waals surface area contributed by atoms with E-state index in [4.69, 9.17) is 9.72 Å². The van der Waals surface area contributed by atoms with E-state index in [1.165, 1.54) is 11.3 Å². The van der Waals surface area contributed by atoms with Gasteiger partial charge in [0, 0.05) is 68.0 Å². The van der Waals surface area contributed by atoms with E-state index >= 15 is 0 Å². The van der Waals surface area contributed by atoms with Crippen LogP contribution in [-0.2, 0) is 19.4 Å². The number of hydrogen-bond acceptors (Lipinski definition) is 5. The number of piperidine rings is 1. The fourth-order valence-electron chi connectivity index (χ4n) is 4.75. The molecule has 1 fully saturated rings. The van der Waals surface area contributed by atoms with Gasteiger partial charge in [0.25, 0.3) is 5.91 Å². The zero-order chi connectivity index (χ0) is 20.0. The number of likely N-dealkylation sites (N-methyl/N-ethyl adjacent to an activating group) is 1. The van der Waals surface area contributed by atoms with E-state index < -0.39 is 0 Å². The second kappa shape index (κ2) is 7.41. The summed E-state index contributed by atoms with van der Waals surface area (Å²) in [5, 5.41) is 0. The van der Waals surface area contributed by atoms with Gasteiger partial charge >= 0.3 is 0 Å². The molecule has 6 heteroatoms. The lowest BCUT2D eigenvalue weighted by Gasteiger charge is -2.32. The molecule has 29 heavy (non-hydrogen) atoms. The maximum Gasteiger partial charge on any atom is 0.253 e. The van der Waals surface area contributed by atoms with Gasteiger partial charge < -0.3 is 14.5 Å². The van der Waals surface area contributed by atoms with Crippen LogP contribution in [0.4, 0.5) is 0 Å². The van der Waals surface area contributed by atoms with Crippen molar-refractivity contribution in [2.24, 2.45) is 0 Å². The molecular formula is C23H28N4O2. The van der Waals surface area contributed by atoms with E-state index in [-0.39, 0.29) is 12.0 Å². The second-order valence-electron chi connectivity index (χ2n) is 8.71. The lowest BCUT2D eigenvalue weighted by Crippen LogP contribution is -2.38. The number of nitrogens with zero attached hydrogens (tertiary/aromatic N) is 4. The van der Waals surface area contributed by atoms with Crippen LogP contribution in [0.15, 0.2) is 24.4 Å². The van der Waals surface area contributed by atoms with E-state index in [9.17, 15) is 4.79 Å². The number of amides is 1. The highest BCUT2D eigenvalue weighted by atomic mass is 16.5. The van der Waals surface area contributed by atoms with Gasteiger partial charge in [-0.25, -0.2) is 9.97 Å². The lowest BCUT2D eigenvalue weighted by atomic mass is 9.94. The summed E-state index contributed by atoms with van der Waals surface area (Å²) in [7, 11) is 2.14. The highest BCUT2D eigenvalue weighted by Gasteiger charge is 2.28. The van der Waals surface area contributed by atoms with Crippen molar-refractivity contribution in [2.75, 3.05) is 26.7 Å². The van der Waals surface area contributed by atoms with Crippen LogP contribution in [0, 0.1) is 0 Å². The molecule has 1 aromatic heterocycles. The Labute approximate surface area is 171 Å². The Hall–Kier alpha value is -2.47. The average Bonchev–Trinajstić information content (AvgIpc) is 3.12. The van der Waals surface area contributed by atoms with Gasteiger partial charge in [-0.05, 0) is 50.6 Å². The number of likely N-dealkylation sites (tertiary alicyclic amines) is 1. The largest absolute Gasteiger partial charge is 0.490 e. The Morgan fingerprint density at radius 1 is 1.17 bits per heavy atom. The van der Waals surface area contributed by atoms with Crippen molar-refractivity contribution < 1.29 is 9.53 Å². The molecular weight excluding hydrogens is 364 g/mol. The van der Waals surface area contributed by atoms with Gasteiger partial charge in [-0.3, -0.25) is 4.79 Å². The maximum absolute atomic E-state index is 13.0. The molecule has 0 radical (unpaired) electrons. The minimum absolute atomic E-state index is 0.125. The molecule has 0 saturated carbocycles. The molecule has 3 aliphatic heterocycles. The van der Waals surface area contributed by atoms with Crippen molar-refractivity contribution >= 4 is 5.91 Å². The van der Waals surface area contributed by atoms with E-state index in [0.29, 0.717) is 5.92 Å². The van der Waals surface area contributed by atoms with Gasteiger partial charge in [0.15, 0.2) is 0 Å². The molecule has 0 unspecified atom stereocenters. The summed E-state index contributed by atoms with van der Waals surface area (Å²) >= 11 is 0. The Morgan fingerprint density at radius 2 is 2.00 bits per heavy atom. The van der Waals surface area contributed by atoms with Crippen LogP contribution in [0.1, 0.15) is 58.7 Å². The van der Waals surface area contributed by atoms with E-state index in [2.05, 4.69) is 23.9 Å². The number of fused-ring (bicyclic) bond motifs is 2. The van der Waals surface area contributed by atoms with Crippen molar-refractivity contribution in [1.29, 1.82) is 0 Å². The molecule has 1 amide bonds. The summed E-state index contributed by atoms with van der Waals surface area (Å²) < 4.78 is 5.75. The first-order valence-corrected chi connectivity index (χ1v) is 10.7. The smallest absolute Gasteiger partial charge is 0.253 e. The molecule has 1 aromatic carbocycles. The molecule has 0 aliphatic carbocycles. The van der Waals surface area contributed by atoms with Gasteiger partial charge in [-0.15, -0.1) is 0 Å². The second-order valence-corrected chi connectivity index (χ2v) is 8.71. The Balaban J connectivity index is 1.24. The third-order valence-corrected chi connectivity index (χ3v) is 6.43. The molecule has 5 rings (SSSR count). The summed E-state index contributed by atoms with van der Waals surface area (Å²) in [5.41, 5.74) is 4.38. The molecule has 1 atom stereocenters. The Bertz CT molecular complexity index is 936. The highest BCUT2D eigenvalue weighted by Crippen LogP contribution is 2.31. The minimum atomic E-state index is 0.125. The summed E-state index contributed by atoms with van der Waals surface area (Å²) in [6.07, 6.45) is 5.94. The minimum Gasteiger partial charge on any atom is -0.490 e. The first kappa shape index (κ1) is 18.6. The van der Waals surface area contributed by atoms with Gasteiger partial charge in [0.05, 0.1) is 0 Å². The molecule has 4 heterocycles. The number of aromatic nitrogens is 2. The fourth-order valence-corrected chi connectivity index (χ4v) is 4.75. The van der Waals surface area contributed by atoms with Crippen LogP contribution >= 0.6 is 0 Å². The van der Waals surface area contributed by atoms with E-state index in [1.54, 1.807) is 0 Å². The highest BCUT2D eigenvalue weighted by molar-refractivity contribution is 5.94. The van der Waals surface area contributed by atoms with Gasteiger partial charge in [-0.2, -0.15) is 0 Å². The molecule has 2 aromatic rings. The Kier molecular flexibility index (Phi) is 4.74. The molecule has 0 N–H and O–H groups in total. The van der Waals surface area contributed by atoms with Gasteiger partial charge in [0.2, 0.25) is 0 Å². The standard InChI is InChI=1S/C23H28N4O2/c1-15-11-18-12-17(3-4-21(18)29-15)23(28)27-9-5-16(6-10-27)22-24-13-19-14-26(2)8-7-20(19)25-22/h3-4,12-13,15-16H,5-11,14H2,1-2H3/t15-/m1/s1. The summed E-state index contributed by atoms with van der Waals surface area (Å²) in [5.74, 6) is 2.35. The average molecular weight is 393 g/mol. The third-order valence-electron chi connectivity index (χ3n) is 6.43. The lowest BCUT2D eigenvalue weighted by molar-refractivity contribution is 0.0711. The first-order valence-electron chi connectivity index (χ1n) is 10.7. The molecule has 6 nitrogen and oxygen atoms in total. The van der Waals surface area contributed by atoms with Crippen molar-refractivity contribution in [1.82, 2.24) is 19.8 Å². The summed E-state index contributed by atoms with van der Waals surface area (Å²) in [4.78, 5) is 26.8. The van der Waals surface area contributed by atoms with Crippen molar-refractivity contribution in [2.45, 2.75) is 51.2 Å². The van der Waals surface area contributed by atoms with Crippen molar-refractivity contribution in [3.8, 4) is 5.75 Å². The third kappa shape index (κ3) is 3.62. The summed E-state index contributed by atoms with van der Waals surface area (Å²) in [6, 6.07) is 5.85. The van der Waals surface area contributed by atoms with Crippen molar-refractivity contribution in [3.63, 3.8) is 0 Å². The molecule has 0 bridgehead atoms. The monoisotopic (exact) mass is 392 g/mol. The first-order chi connectivity index (χ1) is 14.1. The SMILES string of the molecule is C[C@@H]1Cc2cc(C(=O)N3CCC(c4ncc5c(n4)CCN(C)C5)CC3)ccc2O1. The Morgan fingerprint density at radius 3 is 2.83 bits per heavy atom. The molecule has 3 aliphatic rings. The number of hydrogen-bond donors (Lipinski definition) is 0. The van der Waals surface area contributed by atoms with Crippen LogP contribution in [0.3, 0.4) is 0 Å². The normalized spacial score (nSPS) is 22.1. The van der Waals surface area contributed by atoms with Crippen LogP contribution in [0.2, 0.25) is 0 Å². The van der Waals surface area contributed by atoms with Crippen LogP contribution in [0.5, 0.6) is 5.75 Å². The summed E-state index contributed by atoms with van der Waals surface area (Å²) in [6.45, 7) is 5.58. The van der Waals surface area contributed by atoms with E-state index in [1.807, 2.05) is 29.3 Å². The van der Waals surface area contributed by atoms with Gasteiger partial charge in [-0.1, -0.05) is 0 Å². The topological polar surface area (TPSA) is 58.6 Å². The number of ether oxygens (including phenoxy) is 1. The zero-order valence-corrected chi connectivity index (χ0v) is 17.2.